The summed E-state index contributed by atoms with van der Waals surface area (Å²) in [5.74, 6) is -4.45. The molecular weight excluding hydrogens is 345 g/mol. The second-order valence-electron chi connectivity index (χ2n) is 5.21. The van der Waals surface area contributed by atoms with Gasteiger partial charge in [-0.15, -0.1) is 0 Å². The van der Waals surface area contributed by atoms with E-state index in [4.69, 9.17) is 4.55 Å². The molecule has 0 aromatic heterocycles. The van der Waals surface area contributed by atoms with E-state index in [-0.39, 0.29) is 0 Å². The van der Waals surface area contributed by atoms with Crippen molar-refractivity contribution in [1.29, 1.82) is 0 Å². The molecule has 1 aliphatic carbocycles. The van der Waals surface area contributed by atoms with Crippen molar-refractivity contribution in [3.8, 4) is 0 Å². The predicted molar refractivity (Wildman–Crippen MR) is 69.9 cm³/mol. The zero-order chi connectivity index (χ0) is 17.7. The van der Waals surface area contributed by atoms with Gasteiger partial charge >= 0.3 is 18.1 Å². The van der Waals surface area contributed by atoms with E-state index in [2.05, 4.69) is 9.47 Å². The maximum Gasteiger partial charge on any atom is 0.426 e. The van der Waals surface area contributed by atoms with Crippen LogP contribution in [0.2, 0.25) is 0 Å². The molecule has 1 unspecified atom stereocenters. The SMILES string of the molecule is O=C(COC(=O)C1CCCCC1)OC(CS(=O)(=O)O)C(F)(F)F. The Kier molecular flexibility index (Phi) is 6.81. The number of alkyl halides is 3. The lowest BCUT2D eigenvalue weighted by molar-refractivity contribution is -0.217. The predicted octanol–water partition coefficient (Wildman–Crippen LogP) is 1.47. The number of carbonyl (C=O) groups is 2. The fourth-order valence-corrected chi connectivity index (χ4v) is 2.81. The summed E-state index contributed by atoms with van der Waals surface area (Å²) in [6.07, 6.45) is -4.40. The number of ether oxygens (including phenoxy) is 2. The topological polar surface area (TPSA) is 107 Å². The fraction of sp³-hybridized carbons (Fsp3) is 0.833. The van der Waals surface area contributed by atoms with Crippen molar-refractivity contribution < 1.29 is 45.2 Å². The first-order valence-corrected chi connectivity index (χ1v) is 8.48. The molecule has 1 atom stereocenters. The summed E-state index contributed by atoms with van der Waals surface area (Å²) >= 11 is 0. The number of hydrogen-bond acceptors (Lipinski definition) is 6. The second kappa shape index (κ2) is 7.95. The molecule has 0 aromatic carbocycles. The van der Waals surface area contributed by atoms with E-state index in [0.717, 1.165) is 19.3 Å². The van der Waals surface area contributed by atoms with Gasteiger partial charge in [0.25, 0.3) is 10.1 Å². The number of halogens is 3. The van der Waals surface area contributed by atoms with Crippen molar-refractivity contribution in [1.82, 2.24) is 0 Å². The standard InChI is InChI=1S/C12H17F3O7S/c13-12(14,15)9(7-23(18,19)20)22-10(16)6-21-11(17)8-4-2-1-3-5-8/h8-9H,1-7H2,(H,18,19,20). The minimum Gasteiger partial charge on any atom is -0.453 e. The van der Waals surface area contributed by atoms with Gasteiger partial charge in [0.05, 0.1) is 5.92 Å². The van der Waals surface area contributed by atoms with Crippen LogP contribution in [0.5, 0.6) is 0 Å². The third-order valence-electron chi connectivity index (χ3n) is 3.27. The quantitative estimate of drug-likeness (QED) is 0.563. The molecule has 0 spiro atoms. The molecule has 0 heterocycles. The summed E-state index contributed by atoms with van der Waals surface area (Å²) < 4.78 is 75.7. The van der Waals surface area contributed by atoms with Crippen LogP contribution < -0.4 is 0 Å². The Labute approximate surface area is 130 Å². The lowest BCUT2D eigenvalue weighted by atomic mass is 9.89. The van der Waals surface area contributed by atoms with E-state index in [1.807, 2.05) is 0 Å². The van der Waals surface area contributed by atoms with Crippen LogP contribution in [-0.4, -0.2) is 49.5 Å². The summed E-state index contributed by atoms with van der Waals surface area (Å²) in [5, 5.41) is 0. The molecule has 0 aliphatic heterocycles. The zero-order valence-corrected chi connectivity index (χ0v) is 12.9. The van der Waals surface area contributed by atoms with E-state index in [0.29, 0.717) is 12.8 Å². The van der Waals surface area contributed by atoms with E-state index in [9.17, 15) is 31.2 Å². The van der Waals surface area contributed by atoms with Gasteiger partial charge < -0.3 is 9.47 Å². The summed E-state index contributed by atoms with van der Waals surface area (Å²) in [5.41, 5.74) is 0. The lowest BCUT2D eigenvalue weighted by Gasteiger charge is -2.21. The molecule has 1 N–H and O–H groups in total. The zero-order valence-electron chi connectivity index (χ0n) is 12.0. The summed E-state index contributed by atoms with van der Waals surface area (Å²) in [6.45, 7) is -1.05. The largest absolute Gasteiger partial charge is 0.453 e. The van der Waals surface area contributed by atoms with Gasteiger partial charge in [0.1, 0.15) is 5.75 Å². The lowest BCUT2D eigenvalue weighted by Crippen LogP contribution is -2.40. The normalized spacial score (nSPS) is 18.3. The average molecular weight is 362 g/mol. The van der Waals surface area contributed by atoms with Gasteiger partial charge in [-0.25, -0.2) is 4.79 Å². The summed E-state index contributed by atoms with van der Waals surface area (Å²) in [4.78, 5) is 22.9. The minimum atomic E-state index is -5.18. The Morgan fingerprint density at radius 1 is 1.17 bits per heavy atom. The average Bonchev–Trinajstić information content (AvgIpc) is 2.42. The molecule has 1 aliphatic rings. The monoisotopic (exact) mass is 362 g/mol. The molecule has 0 radical (unpaired) electrons. The summed E-state index contributed by atoms with van der Waals surface area (Å²) in [6, 6.07) is 0. The van der Waals surface area contributed by atoms with Crippen LogP contribution in [0.3, 0.4) is 0 Å². The second-order valence-corrected chi connectivity index (χ2v) is 6.71. The third kappa shape index (κ3) is 7.64. The van der Waals surface area contributed by atoms with Gasteiger partial charge in [-0.2, -0.15) is 21.6 Å². The smallest absolute Gasteiger partial charge is 0.426 e. The van der Waals surface area contributed by atoms with Gasteiger partial charge in [-0.1, -0.05) is 19.3 Å². The molecular formula is C12H17F3O7S. The Morgan fingerprint density at radius 3 is 2.22 bits per heavy atom. The van der Waals surface area contributed by atoms with Crippen LogP contribution in [0.25, 0.3) is 0 Å². The number of hydrogen-bond donors (Lipinski definition) is 1. The molecule has 0 bridgehead atoms. The van der Waals surface area contributed by atoms with Crippen LogP contribution in [0.4, 0.5) is 13.2 Å². The van der Waals surface area contributed by atoms with Crippen molar-refractivity contribution in [2.75, 3.05) is 12.4 Å². The van der Waals surface area contributed by atoms with E-state index < -0.39 is 52.6 Å². The number of esters is 2. The van der Waals surface area contributed by atoms with Crippen LogP contribution in [-0.2, 0) is 29.2 Å². The molecule has 0 amide bonds. The van der Waals surface area contributed by atoms with Gasteiger partial charge in [-0.05, 0) is 12.8 Å². The molecule has 1 fully saturated rings. The Bertz CT molecular complexity index is 523. The fourth-order valence-electron chi connectivity index (χ4n) is 2.17. The highest BCUT2D eigenvalue weighted by Crippen LogP contribution is 2.25. The highest BCUT2D eigenvalue weighted by atomic mass is 32.2. The van der Waals surface area contributed by atoms with Gasteiger partial charge in [0, 0.05) is 0 Å². The molecule has 23 heavy (non-hydrogen) atoms. The van der Waals surface area contributed by atoms with E-state index in [1.165, 1.54) is 0 Å². The van der Waals surface area contributed by atoms with Gasteiger partial charge in [-0.3, -0.25) is 9.35 Å². The first-order chi connectivity index (χ1) is 10.5. The van der Waals surface area contributed by atoms with Crippen molar-refractivity contribution in [3.63, 3.8) is 0 Å². The number of carbonyl (C=O) groups excluding carboxylic acids is 2. The Morgan fingerprint density at radius 2 is 1.74 bits per heavy atom. The van der Waals surface area contributed by atoms with Crippen molar-refractivity contribution in [2.24, 2.45) is 5.92 Å². The molecule has 1 saturated carbocycles. The maximum atomic E-state index is 12.5. The van der Waals surface area contributed by atoms with Gasteiger partial charge in [0.2, 0.25) is 6.10 Å². The number of rotatable bonds is 6. The Balaban J connectivity index is 2.50. The molecule has 134 valence electrons. The molecule has 7 nitrogen and oxygen atoms in total. The highest BCUT2D eigenvalue weighted by Gasteiger charge is 2.45. The Hall–Kier alpha value is -1.36. The maximum absolute atomic E-state index is 12.5. The molecule has 0 saturated heterocycles. The first kappa shape index (κ1) is 19.7. The highest BCUT2D eigenvalue weighted by molar-refractivity contribution is 7.85. The molecule has 11 heteroatoms. The van der Waals surface area contributed by atoms with Crippen LogP contribution in [0.1, 0.15) is 32.1 Å². The van der Waals surface area contributed by atoms with E-state index in [1.54, 1.807) is 0 Å². The first-order valence-electron chi connectivity index (χ1n) is 6.87. The van der Waals surface area contributed by atoms with Crippen molar-refractivity contribution in [3.05, 3.63) is 0 Å². The van der Waals surface area contributed by atoms with Gasteiger partial charge in [0.15, 0.2) is 6.61 Å². The van der Waals surface area contributed by atoms with Crippen molar-refractivity contribution >= 4 is 22.1 Å². The van der Waals surface area contributed by atoms with Crippen molar-refractivity contribution in [2.45, 2.75) is 44.4 Å². The molecule has 0 aromatic rings. The van der Waals surface area contributed by atoms with Crippen LogP contribution >= 0.6 is 0 Å². The van der Waals surface area contributed by atoms with Crippen LogP contribution in [0, 0.1) is 5.92 Å². The minimum absolute atomic E-state index is 0.396. The van der Waals surface area contributed by atoms with E-state index >= 15 is 0 Å². The molecule has 1 rings (SSSR count). The van der Waals surface area contributed by atoms with Crippen LogP contribution in [0.15, 0.2) is 0 Å². The summed E-state index contributed by atoms with van der Waals surface area (Å²) in [7, 11) is -5.01. The third-order valence-corrected chi connectivity index (χ3v) is 4.00.